The third-order valence-corrected chi connectivity index (χ3v) is 4.04. The number of aromatic nitrogens is 1. The van der Waals surface area contributed by atoms with E-state index >= 15 is 0 Å². The lowest BCUT2D eigenvalue weighted by molar-refractivity contribution is 0.109. The summed E-state index contributed by atoms with van der Waals surface area (Å²) in [5.41, 5.74) is 0.635. The third kappa shape index (κ3) is 2.29. The second-order valence-electron chi connectivity index (χ2n) is 4.74. The summed E-state index contributed by atoms with van der Waals surface area (Å²) in [6, 6.07) is 0.363. The molecule has 1 heterocycles. The first-order valence-electron chi connectivity index (χ1n) is 6.24. The van der Waals surface area contributed by atoms with Crippen LogP contribution >= 0.6 is 11.6 Å². The number of hydrogen-bond donors (Lipinski definition) is 1. The largest absolute Gasteiger partial charge is 0.368 e. The number of halogens is 1. The van der Waals surface area contributed by atoms with Crippen molar-refractivity contribution in [1.29, 1.82) is 0 Å². The molecule has 4 nitrogen and oxygen atoms in total. The van der Waals surface area contributed by atoms with Gasteiger partial charge in [-0.3, -0.25) is 9.59 Å². The van der Waals surface area contributed by atoms with Crippen LogP contribution in [0.1, 0.15) is 52.8 Å². The zero-order chi connectivity index (χ0) is 13.1. The van der Waals surface area contributed by atoms with Gasteiger partial charge in [-0.2, -0.15) is 0 Å². The molecule has 0 saturated heterocycles. The maximum absolute atomic E-state index is 11.1. The van der Waals surface area contributed by atoms with Gasteiger partial charge in [-0.05, 0) is 12.8 Å². The second kappa shape index (κ2) is 5.57. The van der Waals surface area contributed by atoms with E-state index in [9.17, 15) is 9.59 Å². The highest BCUT2D eigenvalue weighted by molar-refractivity contribution is 6.33. The maximum Gasteiger partial charge on any atom is 0.154 e. The van der Waals surface area contributed by atoms with Crippen LogP contribution in [0.3, 0.4) is 0 Å². The summed E-state index contributed by atoms with van der Waals surface area (Å²) in [5.74, 6) is 0.656. The molecule has 5 heteroatoms. The highest BCUT2D eigenvalue weighted by atomic mass is 35.5. The SMILES string of the molecule is Cn1c(Cl)c(C=O)c(C=O)c1NC1CCCCC1. The number of anilines is 1. The summed E-state index contributed by atoms with van der Waals surface area (Å²) in [5, 5.41) is 3.66. The fourth-order valence-corrected chi connectivity index (χ4v) is 2.78. The van der Waals surface area contributed by atoms with Crippen molar-refractivity contribution in [2.75, 3.05) is 5.32 Å². The van der Waals surface area contributed by atoms with Crippen molar-refractivity contribution in [3.05, 3.63) is 16.3 Å². The van der Waals surface area contributed by atoms with Crippen LogP contribution < -0.4 is 5.32 Å². The third-order valence-electron chi connectivity index (χ3n) is 3.58. The smallest absolute Gasteiger partial charge is 0.154 e. The Bertz CT molecular complexity index is 462. The van der Waals surface area contributed by atoms with E-state index in [0.717, 1.165) is 12.8 Å². The van der Waals surface area contributed by atoms with Gasteiger partial charge in [0.1, 0.15) is 11.0 Å². The average Bonchev–Trinajstić information content (AvgIpc) is 2.63. The van der Waals surface area contributed by atoms with Crippen LogP contribution in [-0.4, -0.2) is 23.2 Å². The van der Waals surface area contributed by atoms with Gasteiger partial charge in [0.2, 0.25) is 0 Å². The van der Waals surface area contributed by atoms with E-state index in [0.29, 0.717) is 35.1 Å². The lowest BCUT2D eigenvalue weighted by atomic mass is 9.95. The molecule has 0 spiro atoms. The monoisotopic (exact) mass is 268 g/mol. The molecule has 98 valence electrons. The van der Waals surface area contributed by atoms with Crippen LogP contribution in [0.4, 0.5) is 5.82 Å². The normalized spacial score (nSPS) is 16.6. The summed E-state index contributed by atoms with van der Waals surface area (Å²) < 4.78 is 1.67. The molecule has 1 aromatic heterocycles. The Labute approximate surface area is 111 Å². The molecule has 0 radical (unpaired) electrons. The van der Waals surface area contributed by atoms with Crippen molar-refractivity contribution in [1.82, 2.24) is 4.57 Å². The fraction of sp³-hybridized carbons (Fsp3) is 0.538. The molecule has 1 saturated carbocycles. The van der Waals surface area contributed by atoms with E-state index in [-0.39, 0.29) is 5.56 Å². The quantitative estimate of drug-likeness (QED) is 0.854. The van der Waals surface area contributed by atoms with Crippen LogP contribution in [-0.2, 0) is 7.05 Å². The number of hydrogen-bond acceptors (Lipinski definition) is 3. The van der Waals surface area contributed by atoms with E-state index in [4.69, 9.17) is 11.6 Å². The van der Waals surface area contributed by atoms with Crippen LogP contribution in [0.2, 0.25) is 5.15 Å². The second-order valence-corrected chi connectivity index (χ2v) is 5.10. The molecule has 0 aliphatic heterocycles. The van der Waals surface area contributed by atoms with Crippen LogP contribution in [0.5, 0.6) is 0 Å². The molecule has 18 heavy (non-hydrogen) atoms. The summed E-state index contributed by atoms with van der Waals surface area (Å²) in [4.78, 5) is 22.1. The number of carbonyl (C=O) groups is 2. The van der Waals surface area contributed by atoms with Gasteiger partial charge in [0.25, 0.3) is 0 Å². The molecule has 0 atom stereocenters. The van der Waals surface area contributed by atoms with Crippen molar-refractivity contribution >= 4 is 30.0 Å². The molecule has 1 aromatic rings. The molecule has 1 aliphatic rings. The number of nitrogens with zero attached hydrogens (tertiary/aromatic N) is 1. The Kier molecular flexibility index (Phi) is 4.07. The highest BCUT2D eigenvalue weighted by Gasteiger charge is 2.22. The van der Waals surface area contributed by atoms with E-state index in [1.54, 1.807) is 11.6 Å². The van der Waals surface area contributed by atoms with Crippen LogP contribution in [0, 0.1) is 0 Å². The number of rotatable bonds is 4. The first kappa shape index (κ1) is 13.1. The Morgan fingerprint density at radius 2 is 1.78 bits per heavy atom. The van der Waals surface area contributed by atoms with Crippen molar-refractivity contribution in [2.45, 2.75) is 38.1 Å². The Morgan fingerprint density at radius 3 is 2.33 bits per heavy atom. The Hall–Kier alpha value is -1.29. The Morgan fingerprint density at radius 1 is 1.17 bits per heavy atom. The summed E-state index contributed by atoms with van der Waals surface area (Å²) in [6.45, 7) is 0. The number of carbonyl (C=O) groups excluding carboxylic acids is 2. The molecular formula is C13H17ClN2O2. The van der Waals surface area contributed by atoms with Crippen molar-refractivity contribution in [3.63, 3.8) is 0 Å². The highest BCUT2D eigenvalue weighted by Crippen LogP contribution is 2.30. The van der Waals surface area contributed by atoms with Gasteiger partial charge in [-0.25, -0.2) is 0 Å². The van der Waals surface area contributed by atoms with E-state index in [1.165, 1.54) is 19.3 Å². The summed E-state index contributed by atoms with van der Waals surface area (Å²) >= 11 is 6.05. The van der Waals surface area contributed by atoms with Gasteiger partial charge < -0.3 is 9.88 Å². The molecular weight excluding hydrogens is 252 g/mol. The van der Waals surface area contributed by atoms with Gasteiger partial charge in [0.15, 0.2) is 12.6 Å². The predicted molar refractivity (Wildman–Crippen MR) is 71.7 cm³/mol. The Balaban J connectivity index is 2.31. The topological polar surface area (TPSA) is 51.1 Å². The fourth-order valence-electron chi connectivity index (χ4n) is 2.54. The molecule has 0 unspecified atom stereocenters. The van der Waals surface area contributed by atoms with Gasteiger partial charge in [-0.15, -0.1) is 0 Å². The minimum atomic E-state index is 0.271. The van der Waals surface area contributed by atoms with Crippen molar-refractivity contribution in [3.8, 4) is 0 Å². The summed E-state index contributed by atoms with van der Waals surface area (Å²) in [6.07, 6.45) is 7.19. The number of aldehydes is 2. The first-order chi connectivity index (χ1) is 8.69. The minimum absolute atomic E-state index is 0.271. The molecule has 2 rings (SSSR count). The predicted octanol–water partition coefficient (Wildman–Crippen LogP) is 3.05. The standard InChI is InChI=1S/C13H17ClN2O2/c1-16-12(14)10(7-17)11(8-18)13(16)15-9-5-3-2-4-6-9/h7-9,15H,2-6H2,1H3. The average molecular weight is 269 g/mol. The first-order valence-corrected chi connectivity index (χ1v) is 6.62. The van der Waals surface area contributed by atoms with Crippen LogP contribution in [0.15, 0.2) is 0 Å². The zero-order valence-electron chi connectivity index (χ0n) is 10.4. The van der Waals surface area contributed by atoms with Crippen molar-refractivity contribution in [2.24, 2.45) is 7.05 Å². The van der Waals surface area contributed by atoms with Gasteiger partial charge in [0.05, 0.1) is 11.1 Å². The van der Waals surface area contributed by atoms with E-state index < -0.39 is 0 Å². The summed E-state index contributed by atoms with van der Waals surface area (Å²) in [7, 11) is 1.76. The van der Waals surface area contributed by atoms with Gasteiger partial charge in [0, 0.05) is 13.1 Å². The minimum Gasteiger partial charge on any atom is -0.368 e. The zero-order valence-corrected chi connectivity index (χ0v) is 11.2. The molecule has 1 aliphatic carbocycles. The van der Waals surface area contributed by atoms with Crippen molar-refractivity contribution < 1.29 is 9.59 Å². The number of nitrogens with one attached hydrogen (secondary N) is 1. The molecule has 0 amide bonds. The van der Waals surface area contributed by atoms with Crippen LogP contribution in [0.25, 0.3) is 0 Å². The molecule has 1 N–H and O–H groups in total. The molecule has 0 aromatic carbocycles. The van der Waals surface area contributed by atoms with Gasteiger partial charge >= 0.3 is 0 Å². The molecule has 0 bridgehead atoms. The lowest BCUT2D eigenvalue weighted by Crippen LogP contribution is -2.24. The molecule has 1 fully saturated rings. The van der Waals surface area contributed by atoms with Gasteiger partial charge in [-0.1, -0.05) is 30.9 Å². The van der Waals surface area contributed by atoms with E-state index in [1.807, 2.05) is 0 Å². The maximum atomic E-state index is 11.1. The van der Waals surface area contributed by atoms with E-state index in [2.05, 4.69) is 5.32 Å². The lowest BCUT2D eigenvalue weighted by Gasteiger charge is -2.24.